The molecule has 4 heterocycles. The summed E-state index contributed by atoms with van der Waals surface area (Å²) < 4.78 is 2.27. The van der Waals surface area contributed by atoms with E-state index in [9.17, 15) is 4.79 Å². The zero-order chi connectivity index (χ0) is 18.1. The van der Waals surface area contributed by atoms with Crippen LogP contribution in [-0.2, 0) is 24.8 Å². The first-order valence-corrected chi connectivity index (χ1v) is 9.74. The first-order chi connectivity index (χ1) is 12.6. The summed E-state index contributed by atoms with van der Waals surface area (Å²) in [6.07, 6.45) is 6.03. The summed E-state index contributed by atoms with van der Waals surface area (Å²) in [5.74, 6) is 0.595. The minimum Gasteiger partial charge on any atom is -0.346 e. The molecule has 6 nitrogen and oxygen atoms in total. The van der Waals surface area contributed by atoms with Gasteiger partial charge in [-0.15, -0.1) is 11.3 Å². The standard InChI is InChI=1S/C19H23N5OS/c1-13(25)22-19-21-10-16(26-19)12-24-7-5-14(11-24)8-15-9-17-18(23(15)2)4-3-6-20-17/h3-4,6,9-10,14H,5,7-8,11-12H2,1-2H3,(H,21,22,25). The second-order valence-corrected chi connectivity index (χ2v) is 8.12. The highest BCUT2D eigenvalue weighted by Crippen LogP contribution is 2.27. The number of thiazole rings is 1. The monoisotopic (exact) mass is 369 g/mol. The molecule has 0 saturated carbocycles. The Bertz CT molecular complexity index is 931. The maximum atomic E-state index is 11.1. The van der Waals surface area contributed by atoms with E-state index in [-0.39, 0.29) is 5.91 Å². The SMILES string of the molecule is CC(=O)Nc1ncc(CN2CCC(Cc3cc4ncccc4n3C)C2)s1. The van der Waals surface area contributed by atoms with Gasteiger partial charge in [-0.2, -0.15) is 0 Å². The van der Waals surface area contributed by atoms with Crippen LogP contribution in [0.5, 0.6) is 0 Å². The van der Waals surface area contributed by atoms with E-state index in [1.54, 1.807) is 11.3 Å². The van der Waals surface area contributed by atoms with Crippen molar-refractivity contribution in [1.82, 2.24) is 19.4 Å². The number of carbonyl (C=O) groups is 1. The lowest BCUT2D eigenvalue weighted by Crippen LogP contribution is -2.20. The van der Waals surface area contributed by atoms with E-state index < -0.39 is 0 Å². The fourth-order valence-corrected chi connectivity index (χ4v) is 4.64. The lowest BCUT2D eigenvalue weighted by Gasteiger charge is -2.15. The van der Waals surface area contributed by atoms with E-state index in [1.807, 2.05) is 18.5 Å². The van der Waals surface area contributed by atoms with Crippen LogP contribution in [0, 0.1) is 5.92 Å². The molecule has 1 amide bonds. The number of hydrogen-bond acceptors (Lipinski definition) is 5. The van der Waals surface area contributed by atoms with E-state index >= 15 is 0 Å². The lowest BCUT2D eigenvalue weighted by atomic mass is 10.0. The van der Waals surface area contributed by atoms with Crippen molar-refractivity contribution in [2.45, 2.75) is 26.3 Å². The molecule has 1 unspecified atom stereocenters. The summed E-state index contributed by atoms with van der Waals surface area (Å²) in [6.45, 7) is 4.63. The molecule has 0 aromatic carbocycles. The summed E-state index contributed by atoms with van der Waals surface area (Å²) in [6, 6.07) is 6.35. The Morgan fingerprint density at radius 2 is 2.31 bits per heavy atom. The molecule has 3 aromatic rings. The topological polar surface area (TPSA) is 63.1 Å². The number of rotatable bonds is 5. The Balaban J connectivity index is 1.36. The van der Waals surface area contributed by atoms with E-state index in [1.165, 1.54) is 29.4 Å². The van der Waals surface area contributed by atoms with Gasteiger partial charge < -0.3 is 9.88 Å². The van der Waals surface area contributed by atoms with Gasteiger partial charge in [0.2, 0.25) is 5.91 Å². The highest BCUT2D eigenvalue weighted by molar-refractivity contribution is 7.15. The van der Waals surface area contributed by atoms with Crippen molar-refractivity contribution in [2.24, 2.45) is 13.0 Å². The van der Waals surface area contributed by atoms with Crippen molar-refractivity contribution in [1.29, 1.82) is 0 Å². The molecule has 26 heavy (non-hydrogen) atoms. The van der Waals surface area contributed by atoms with E-state index in [2.05, 4.69) is 43.9 Å². The lowest BCUT2D eigenvalue weighted by molar-refractivity contribution is -0.114. The van der Waals surface area contributed by atoms with Crippen LogP contribution in [0.1, 0.15) is 23.9 Å². The second-order valence-electron chi connectivity index (χ2n) is 7.01. The van der Waals surface area contributed by atoms with Gasteiger partial charge in [-0.3, -0.25) is 14.7 Å². The number of hydrogen-bond donors (Lipinski definition) is 1. The molecular formula is C19H23N5OS. The molecule has 1 N–H and O–H groups in total. The number of fused-ring (bicyclic) bond motifs is 1. The summed E-state index contributed by atoms with van der Waals surface area (Å²) in [5.41, 5.74) is 3.64. The summed E-state index contributed by atoms with van der Waals surface area (Å²) >= 11 is 1.56. The molecule has 0 aliphatic carbocycles. The van der Waals surface area contributed by atoms with Crippen LogP contribution >= 0.6 is 11.3 Å². The third kappa shape index (κ3) is 3.64. The Labute approximate surface area is 156 Å². The molecular weight excluding hydrogens is 346 g/mol. The Morgan fingerprint density at radius 3 is 3.12 bits per heavy atom. The minimum atomic E-state index is -0.0726. The molecule has 0 spiro atoms. The zero-order valence-corrected chi connectivity index (χ0v) is 15.9. The molecule has 1 saturated heterocycles. The van der Waals surface area contributed by atoms with E-state index in [0.717, 1.165) is 31.6 Å². The average Bonchev–Trinajstić information content (AvgIpc) is 3.30. The van der Waals surface area contributed by atoms with Gasteiger partial charge >= 0.3 is 0 Å². The van der Waals surface area contributed by atoms with Gasteiger partial charge in [0.15, 0.2) is 5.13 Å². The summed E-state index contributed by atoms with van der Waals surface area (Å²) in [7, 11) is 2.13. The molecule has 0 bridgehead atoms. The van der Waals surface area contributed by atoms with Gasteiger partial charge in [-0.25, -0.2) is 4.98 Å². The third-order valence-corrected chi connectivity index (χ3v) is 5.89. The van der Waals surface area contributed by atoms with Gasteiger partial charge in [-0.1, -0.05) is 0 Å². The van der Waals surface area contributed by atoms with E-state index in [4.69, 9.17) is 0 Å². The average molecular weight is 369 g/mol. The summed E-state index contributed by atoms with van der Waals surface area (Å²) in [5, 5.41) is 3.44. The number of amides is 1. The van der Waals surface area contributed by atoms with Crippen LogP contribution in [0.25, 0.3) is 11.0 Å². The third-order valence-electron chi connectivity index (χ3n) is 5.00. The van der Waals surface area contributed by atoms with Gasteiger partial charge in [0, 0.05) is 50.0 Å². The van der Waals surface area contributed by atoms with Gasteiger partial charge in [-0.05, 0) is 43.5 Å². The number of anilines is 1. The molecule has 1 atom stereocenters. The molecule has 136 valence electrons. The van der Waals surface area contributed by atoms with Crippen molar-refractivity contribution in [3.05, 3.63) is 41.2 Å². The van der Waals surface area contributed by atoms with Crippen molar-refractivity contribution in [2.75, 3.05) is 18.4 Å². The number of carbonyl (C=O) groups excluding carboxylic acids is 1. The largest absolute Gasteiger partial charge is 0.346 e. The molecule has 1 aliphatic heterocycles. The molecule has 1 fully saturated rings. The van der Waals surface area contributed by atoms with Gasteiger partial charge in [0.05, 0.1) is 11.0 Å². The van der Waals surface area contributed by atoms with Crippen LogP contribution in [0.4, 0.5) is 5.13 Å². The van der Waals surface area contributed by atoms with Crippen molar-refractivity contribution >= 4 is 33.4 Å². The quantitative estimate of drug-likeness (QED) is 0.751. The number of likely N-dealkylation sites (tertiary alicyclic amines) is 1. The predicted molar refractivity (Wildman–Crippen MR) is 104 cm³/mol. The molecule has 3 aromatic heterocycles. The fourth-order valence-electron chi connectivity index (χ4n) is 3.74. The van der Waals surface area contributed by atoms with Crippen molar-refractivity contribution < 1.29 is 4.79 Å². The number of aromatic nitrogens is 3. The highest BCUT2D eigenvalue weighted by Gasteiger charge is 2.24. The normalized spacial score (nSPS) is 17.8. The van der Waals surface area contributed by atoms with Crippen molar-refractivity contribution in [3.63, 3.8) is 0 Å². The highest BCUT2D eigenvalue weighted by atomic mass is 32.1. The number of nitrogens with one attached hydrogen (secondary N) is 1. The van der Waals surface area contributed by atoms with Crippen LogP contribution in [0.3, 0.4) is 0 Å². The minimum absolute atomic E-state index is 0.0726. The first-order valence-electron chi connectivity index (χ1n) is 8.92. The smallest absolute Gasteiger partial charge is 0.223 e. The maximum Gasteiger partial charge on any atom is 0.223 e. The van der Waals surface area contributed by atoms with Gasteiger partial charge in [0.1, 0.15) is 0 Å². The Hall–Kier alpha value is -2.25. The first kappa shape index (κ1) is 17.2. The number of pyridine rings is 1. The summed E-state index contributed by atoms with van der Waals surface area (Å²) in [4.78, 5) is 23.5. The number of aryl methyl sites for hydroxylation is 1. The molecule has 1 aliphatic rings. The molecule has 0 radical (unpaired) electrons. The number of nitrogens with zero attached hydrogens (tertiary/aromatic N) is 4. The second kappa shape index (κ2) is 7.17. The zero-order valence-electron chi connectivity index (χ0n) is 15.1. The van der Waals surface area contributed by atoms with Crippen LogP contribution < -0.4 is 5.32 Å². The van der Waals surface area contributed by atoms with Crippen LogP contribution in [0.15, 0.2) is 30.6 Å². The van der Waals surface area contributed by atoms with Crippen LogP contribution in [-0.4, -0.2) is 38.4 Å². The fraction of sp³-hybridized carbons (Fsp3) is 0.421. The molecule has 4 rings (SSSR count). The maximum absolute atomic E-state index is 11.1. The van der Waals surface area contributed by atoms with Gasteiger partial charge in [0.25, 0.3) is 0 Å². The van der Waals surface area contributed by atoms with Crippen molar-refractivity contribution in [3.8, 4) is 0 Å². The molecule has 7 heteroatoms. The Morgan fingerprint density at radius 1 is 1.42 bits per heavy atom. The predicted octanol–water partition coefficient (Wildman–Crippen LogP) is 3.05. The Kier molecular flexibility index (Phi) is 4.74. The van der Waals surface area contributed by atoms with Crippen LogP contribution in [0.2, 0.25) is 0 Å². The van der Waals surface area contributed by atoms with E-state index in [0.29, 0.717) is 11.0 Å².